The third-order valence-electron chi connectivity index (χ3n) is 4.63. The maximum Gasteiger partial charge on any atom is 0.219 e. The summed E-state index contributed by atoms with van der Waals surface area (Å²) >= 11 is 0. The molecule has 1 N–H and O–H groups in total. The highest BCUT2D eigenvalue weighted by atomic mass is 16.5. The van der Waals surface area contributed by atoms with Crippen LogP contribution >= 0.6 is 0 Å². The monoisotopic (exact) mass is 300 g/mol. The first-order valence-electron chi connectivity index (χ1n) is 8.03. The van der Waals surface area contributed by atoms with E-state index in [9.17, 15) is 4.79 Å². The Hall–Kier alpha value is -1.81. The SMILES string of the molecule is CC(=O)N1CC[C@H](NCC2=Cc3ccccc3OC2)[C@H](C)C1. The lowest BCUT2D eigenvalue weighted by atomic mass is 9.93. The van der Waals surface area contributed by atoms with Crippen molar-refractivity contribution in [2.45, 2.75) is 26.3 Å². The van der Waals surface area contributed by atoms with Crippen LogP contribution in [0, 0.1) is 5.92 Å². The number of fused-ring (bicyclic) bond motifs is 1. The Kier molecular flexibility index (Phi) is 4.48. The fraction of sp³-hybridized carbons (Fsp3) is 0.500. The molecule has 0 radical (unpaired) electrons. The molecule has 118 valence electrons. The largest absolute Gasteiger partial charge is 0.489 e. The first kappa shape index (κ1) is 15.1. The molecule has 2 atom stereocenters. The van der Waals surface area contributed by atoms with Crippen molar-refractivity contribution in [3.8, 4) is 5.75 Å². The molecule has 1 aromatic rings. The van der Waals surface area contributed by atoms with E-state index in [4.69, 9.17) is 4.74 Å². The van der Waals surface area contributed by atoms with Crippen LogP contribution < -0.4 is 10.1 Å². The molecule has 2 aliphatic heterocycles. The van der Waals surface area contributed by atoms with Gasteiger partial charge < -0.3 is 15.0 Å². The summed E-state index contributed by atoms with van der Waals surface area (Å²) in [6, 6.07) is 8.60. The van der Waals surface area contributed by atoms with Crippen LogP contribution in [0.1, 0.15) is 25.8 Å². The van der Waals surface area contributed by atoms with Crippen LogP contribution in [-0.4, -0.2) is 43.1 Å². The Bertz CT molecular complexity index is 582. The lowest BCUT2D eigenvalue weighted by Crippen LogP contribution is -2.50. The number of rotatable bonds is 3. The molecule has 0 unspecified atom stereocenters. The van der Waals surface area contributed by atoms with Crippen molar-refractivity contribution in [2.75, 3.05) is 26.2 Å². The number of ether oxygens (including phenoxy) is 1. The van der Waals surface area contributed by atoms with Gasteiger partial charge in [0.25, 0.3) is 0 Å². The molecule has 1 aromatic carbocycles. The zero-order chi connectivity index (χ0) is 15.5. The molecule has 1 saturated heterocycles. The van der Waals surface area contributed by atoms with Gasteiger partial charge in [-0.1, -0.05) is 25.1 Å². The first-order chi connectivity index (χ1) is 10.6. The molecular weight excluding hydrogens is 276 g/mol. The van der Waals surface area contributed by atoms with Crippen molar-refractivity contribution in [1.29, 1.82) is 0 Å². The molecule has 1 fully saturated rings. The lowest BCUT2D eigenvalue weighted by Gasteiger charge is -2.37. The number of amides is 1. The maximum atomic E-state index is 11.5. The number of hydrogen-bond acceptors (Lipinski definition) is 3. The number of benzene rings is 1. The number of carbonyl (C=O) groups is 1. The maximum absolute atomic E-state index is 11.5. The highest BCUT2D eigenvalue weighted by Crippen LogP contribution is 2.25. The molecule has 3 rings (SSSR count). The van der Waals surface area contributed by atoms with E-state index in [1.165, 1.54) is 5.57 Å². The predicted octanol–water partition coefficient (Wildman–Crippen LogP) is 2.31. The van der Waals surface area contributed by atoms with E-state index in [1.54, 1.807) is 6.92 Å². The van der Waals surface area contributed by atoms with Gasteiger partial charge in [0.05, 0.1) is 0 Å². The number of carbonyl (C=O) groups excluding carboxylic acids is 1. The molecule has 0 bridgehead atoms. The number of nitrogens with one attached hydrogen (secondary N) is 1. The third kappa shape index (κ3) is 3.33. The van der Waals surface area contributed by atoms with E-state index in [0.717, 1.165) is 37.4 Å². The standard InChI is InChI=1S/C18H24N2O2/c1-13-11-20(14(2)21)8-7-17(13)19-10-15-9-16-5-3-4-6-18(16)22-12-15/h3-6,9,13,17,19H,7-8,10-12H2,1-2H3/t13-,17+/m1/s1. The fourth-order valence-corrected chi connectivity index (χ4v) is 3.26. The van der Waals surface area contributed by atoms with Crippen LogP contribution in [0.25, 0.3) is 6.08 Å². The Balaban J connectivity index is 1.55. The smallest absolute Gasteiger partial charge is 0.219 e. The third-order valence-corrected chi connectivity index (χ3v) is 4.63. The molecule has 4 heteroatoms. The Morgan fingerprint density at radius 3 is 3.00 bits per heavy atom. The van der Waals surface area contributed by atoms with E-state index in [1.807, 2.05) is 23.1 Å². The normalized spacial score (nSPS) is 24.3. The topological polar surface area (TPSA) is 41.6 Å². The van der Waals surface area contributed by atoms with Gasteiger partial charge in [-0.05, 0) is 30.1 Å². The average molecular weight is 300 g/mol. The van der Waals surface area contributed by atoms with Crippen LogP contribution in [0.3, 0.4) is 0 Å². The average Bonchev–Trinajstić information content (AvgIpc) is 2.53. The lowest BCUT2D eigenvalue weighted by molar-refractivity contribution is -0.130. The zero-order valence-corrected chi connectivity index (χ0v) is 13.3. The minimum Gasteiger partial charge on any atom is -0.489 e. The molecule has 0 spiro atoms. The Labute approximate surface area is 132 Å². The van der Waals surface area contributed by atoms with Crippen LogP contribution in [0.15, 0.2) is 29.8 Å². The molecule has 22 heavy (non-hydrogen) atoms. The summed E-state index contributed by atoms with van der Waals surface area (Å²) in [6.45, 7) is 7.09. The van der Waals surface area contributed by atoms with Crippen LogP contribution in [0.5, 0.6) is 5.75 Å². The van der Waals surface area contributed by atoms with Crippen molar-refractivity contribution >= 4 is 12.0 Å². The molecule has 1 amide bonds. The Morgan fingerprint density at radius 1 is 1.41 bits per heavy atom. The van der Waals surface area contributed by atoms with Crippen molar-refractivity contribution in [2.24, 2.45) is 5.92 Å². The van der Waals surface area contributed by atoms with Gasteiger partial charge in [-0.15, -0.1) is 0 Å². The summed E-state index contributed by atoms with van der Waals surface area (Å²) < 4.78 is 5.79. The summed E-state index contributed by atoms with van der Waals surface area (Å²) in [6.07, 6.45) is 3.24. The van der Waals surface area contributed by atoms with Crippen molar-refractivity contribution < 1.29 is 9.53 Å². The van der Waals surface area contributed by atoms with Crippen molar-refractivity contribution in [3.63, 3.8) is 0 Å². The van der Waals surface area contributed by atoms with Gasteiger partial charge in [0.1, 0.15) is 12.4 Å². The summed E-state index contributed by atoms with van der Waals surface area (Å²) in [5.41, 5.74) is 2.44. The van der Waals surface area contributed by atoms with Crippen LogP contribution in [-0.2, 0) is 4.79 Å². The number of hydrogen-bond donors (Lipinski definition) is 1. The minimum absolute atomic E-state index is 0.185. The van der Waals surface area contributed by atoms with E-state index in [0.29, 0.717) is 18.6 Å². The molecule has 4 nitrogen and oxygen atoms in total. The van der Waals surface area contributed by atoms with E-state index in [-0.39, 0.29) is 5.91 Å². The summed E-state index contributed by atoms with van der Waals surface area (Å²) in [7, 11) is 0. The van der Waals surface area contributed by atoms with Gasteiger partial charge in [0.2, 0.25) is 5.91 Å². The highest BCUT2D eigenvalue weighted by molar-refractivity contribution is 5.73. The molecule has 2 heterocycles. The second-order valence-electron chi connectivity index (χ2n) is 6.35. The summed E-state index contributed by atoms with van der Waals surface area (Å²) in [5.74, 6) is 1.63. The van der Waals surface area contributed by atoms with Crippen molar-refractivity contribution in [1.82, 2.24) is 10.2 Å². The van der Waals surface area contributed by atoms with Gasteiger partial charge in [-0.2, -0.15) is 0 Å². The second kappa shape index (κ2) is 6.53. The number of piperidine rings is 1. The van der Waals surface area contributed by atoms with Gasteiger partial charge >= 0.3 is 0 Å². The second-order valence-corrected chi connectivity index (χ2v) is 6.35. The van der Waals surface area contributed by atoms with Crippen LogP contribution in [0.4, 0.5) is 0 Å². The zero-order valence-electron chi connectivity index (χ0n) is 13.3. The van der Waals surface area contributed by atoms with Gasteiger partial charge in [0.15, 0.2) is 0 Å². The summed E-state index contributed by atoms with van der Waals surface area (Å²) in [5, 5.41) is 3.65. The quantitative estimate of drug-likeness (QED) is 0.931. The Morgan fingerprint density at radius 2 is 2.23 bits per heavy atom. The van der Waals surface area contributed by atoms with Crippen LogP contribution in [0.2, 0.25) is 0 Å². The molecule has 2 aliphatic rings. The first-order valence-corrected chi connectivity index (χ1v) is 8.03. The fourth-order valence-electron chi connectivity index (χ4n) is 3.26. The number of para-hydroxylation sites is 1. The van der Waals surface area contributed by atoms with E-state index >= 15 is 0 Å². The summed E-state index contributed by atoms with van der Waals surface area (Å²) in [4.78, 5) is 13.4. The predicted molar refractivity (Wildman–Crippen MR) is 87.7 cm³/mol. The molecule has 0 saturated carbocycles. The van der Waals surface area contributed by atoms with E-state index in [2.05, 4.69) is 24.4 Å². The minimum atomic E-state index is 0.185. The molecular formula is C18H24N2O2. The molecule has 0 aromatic heterocycles. The van der Waals surface area contributed by atoms with E-state index < -0.39 is 0 Å². The van der Waals surface area contributed by atoms with Gasteiger partial charge in [0, 0.05) is 38.2 Å². The highest BCUT2D eigenvalue weighted by Gasteiger charge is 2.27. The molecule has 0 aliphatic carbocycles. The van der Waals surface area contributed by atoms with Gasteiger partial charge in [-0.25, -0.2) is 0 Å². The number of likely N-dealkylation sites (tertiary alicyclic amines) is 1. The van der Waals surface area contributed by atoms with Crippen molar-refractivity contribution in [3.05, 3.63) is 35.4 Å². The van der Waals surface area contributed by atoms with Gasteiger partial charge in [-0.3, -0.25) is 4.79 Å². The number of nitrogens with zero attached hydrogens (tertiary/aromatic N) is 1.